The van der Waals surface area contributed by atoms with Crippen LogP contribution in [0.3, 0.4) is 0 Å². The smallest absolute Gasteiger partial charge is 0.387 e. The first-order valence-corrected chi connectivity index (χ1v) is 3.19. The zero-order chi connectivity index (χ0) is 9.07. The molecule has 0 amide bonds. The van der Waals surface area contributed by atoms with Gasteiger partial charge in [0.05, 0.1) is 5.84 Å². The van der Waals surface area contributed by atoms with Crippen LogP contribution >= 0.6 is 0 Å². The molecule has 0 radical (unpaired) electrons. The van der Waals surface area contributed by atoms with Crippen molar-refractivity contribution in [3.8, 4) is 0 Å². The summed E-state index contributed by atoms with van der Waals surface area (Å²) in [5.74, 6) is -0.0836. The van der Waals surface area contributed by atoms with Crippen LogP contribution in [0.15, 0.2) is 4.99 Å². The van der Waals surface area contributed by atoms with Gasteiger partial charge in [-0.1, -0.05) is 13.8 Å². The third kappa shape index (κ3) is 5.69. The van der Waals surface area contributed by atoms with Crippen molar-refractivity contribution >= 4 is 5.84 Å². The molecular formula is C6H11F3N2. The highest BCUT2D eigenvalue weighted by Crippen LogP contribution is 2.14. The summed E-state index contributed by atoms with van der Waals surface area (Å²) in [4.78, 5) is 3.16. The van der Waals surface area contributed by atoms with Crippen molar-refractivity contribution in [2.75, 3.05) is 6.54 Å². The van der Waals surface area contributed by atoms with Crippen molar-refractivity contribution in [3.63, 3.8) is 0 Å². The Morgan fingerprint density at radius 1 is 1.45 bits per heavy atom. The molecule has 66 valence electrons. The summed E-state index contributed by atoms with van der Waals surface area (Å²) in [6, 6.07) is 0. The fraction of sp³-hybridized carbons (Fsp3) is 0.833. The lowest BCUT2D eigenvalue weighted by Crippen LogP contribution is -2.22. The average molecular weight is 168 g/mol. The standard InChI is InChI=1S/C6H11F3N2/c1-4(2)5(10)11-3-6(7,8)9/h4H,3H2,1-2H3,(H2,10,11). The maximum absolute atomic E-state index is 11.5. The van der Waals surface area contributed by atoms with Crippen molar-refractivity contribution in [3.05, 3.63) is 0 Å². The van der Waals surface area contributed by atoms with E-state index in [2.05, 4.69) is 4.99 Å². The number of alkyl halides is 3. The predicted octanol–water partition coefficient (Wildman–Crippen LogP) is 1.56. The van der Waals surface area contributed by atoms with Gasteiger partial charge in [0.2, 0.25) is 0 Å². The summed E-state index contributed by atoms with van der Waals surface area (Å²) >= 11 is 0. The topological polar surface area (TPSA) is 38.4 Å². The second-order valence-electron chi connectivity index (χ2n) is 2.51. The van der Waals surface area contributed by atoms with Gasteiger partial charge in [-0.15, -0.1) is 0 Å². The van der Waals surface area contributed by atoms with Gasteiger partial charge in [0, 0.05) is 5.92 Å². The second kappa shape index (κ2) is 3.59. The molecular weight excluding hydrogens is 157 g/mol. The number of hydrogen-bond donors (Lipinski definition) is 1. The van der Waals surface area contributed by atoms with Gasteiger partial charge in [-0.25, -0.2) is 0 Å². The van der Waals surface area contributed by atoms with E-state index in [1.807, 2.05) is 0 Å². The minimum atomic E-state index is -4.25. The van der Waals surface area contributed by atoms with Gasteiger partial charge in [-0.2, -0.15) is 13.2 Å². The summed E-state index contributed by atoms with van der Waals surface area (Å²) in [6.07, 6.45) is -4.25. The van der Waals surface area contributed by atoms with Crippen molar-refractivity contribution in [2.45, 2.75) is 20.0 Å². The summed E-state index contributed by atoms with van der Waals surface area (Å²) in [6.45, 7) is 2.20. The Hall–Kier alpha value is -0.740. The largest absolute Gasteiger partial charge is 0.408 e. The molecule has 0 aromatic rings. The molecule has 2 nitrogen and oxygen atoms in total. The number of nitrogens with two attached hydrogens (primary N) is 1. The summed E-state index contributed by atoms with van der Waals surface area (Å²) in [5.41, 5.74) is 5.17. The van der Waals surface area contributed by atoms with Gasteiger partial charge in [0.25, 0.3) is 0 Å². The number of amidine groups is 1. The van der Waals surface area contributed by atoms with Crippen LogP contribution in [0.25, 0.3) is 0 Å². The normalized spacial score (nSPS) is 14.2. The van der Waals surface area contributed by atoms with Crippen LogP contribution in [-0.2, 0) is 0 Å². The van der Waals surface area contributed by atoms with Crippen LogP contribution in [0.1, 0.15) is 13.8 Å². The lowest BCUT2D eigenvalue weighted by molar-refractivity contribution is -0.118. The molecule has 2 N–H and O–H groups in total. The molecule has 0 spiro atoms. The van der Waals surface area contributed by atoms with Gasteiger partial charge in [-0.05, 0) is 0 Å². The van der Waals surface area contributed by atoms with E-state index >= 15 is 0 Å². The van der Waals surface area contributed by atoms with Gasteiger partial charge >= 0.3 is 6.18 Å². The molecule has 0 aliphatic carbocycles. The Morgan fingerprint density at radius 2 is 1.91 bits per heavy atom. The minimum Gasteiger partial charge on any atom is -0.387 e. The Balaban J connectivity index is 3.93. The maximum atomic E-state index is 11.5. The summed E-state index contributed by atoms with van der Waals surface area (Å²) in [7, 11) is 0. The van der Waals surface area contributed by atoms with E-state index in [1.165, 1.54) is 0 Å². The van der Waals surface area contributed by atoms with Crippen LogP contribution in [0.5, 0.6) is 0 Å². The monoisotopic (exact) mass is 168 g/mol. The van der Waals surface area contributed by atoms with Gasteiger partial charge in [0.1, 0.15) is 6.54 Å². The molecule has 0 bridgehead atoms. The van der Waals surface area contributed by atoms with E-state index < -0.39 is 12.7 Å². The Labute approximate surface area is 63.3 Å². The molecule has 0 aliphatic heterocycles. The highest BCUT2D eigenvalue weighted by Gasteiger charge is 2.26. The molecule has 0 saturated heterocycles. The summed E-state index contributed by atoms with van der Waals surface area (Å²) < 4.78 is 34.6. The third-order valence-corrected chi connectivity index (χ3v) is 1.03. The number of rotatable bonds is 2. The fourth-order valence-corrected chi connectivity index (χ4v) is 0.364. The van der Waals surface area contributed by atoms with E-state index in [0.29, 0.717) is 0 Å². The van der Waals surface area contributed by atoms with E-state index in [0.717, 1.165) is 0 Å². The van der Waals surface area contributed by atoms with Crippen LogP contribution in [0.2, 0.25) is 0 Å². The van der Waals surface area contributed by atoms with Crippen LogP contribution in [0.4, 0.5) is 13.2 Å². The third-order valence-electron chi connectivity index (χ3n) is 1.03. The Morgan fingerprint density at radius 3 is 2.18 bits per heavy atom. The lowest BCUT2D eigenvalue weighted by Gasteiger charge is -2.05. The van der Waals surface area contributed by atoms with Gasteiger partial charge < -0.3 is 5.73 Å². The molecule has 0 aromatic carbocycles. The second-order valence-corrected chi connectivity index (χ2v) is 2.51. The Bertz CT molecular complexity index is 148. The average Bonchev–Trinajstić information content (AvgIpc) is 1.80. The minimum absolute atomic E-state index is 0.0438. The number of halogens is 3. The summed E-state index contributed by atoms with van der Waals surface area (Å²) in [5, 5.41) is 0. The predicted molar refractivity (Wildman–Crippen MR) is 37.4 cm³/mol. The molecule has 0 fully saturated rings. The molecule has 0 saturated carbocycles. The first-order chi connectivity index (χ1) is 4.83. The molecule has 0 unspecified atom stereocenters. The van der Waals surface area contributed by atoms with Crippen LogP contribution in [-0.4, -0.2) is 18.6 Å². The quantitative estimate of drug-likeness (QED) is 0.493. The van der Waals surface area contributed by atoms with Crippen molar-refractivity contribution in [2.24, 2.45) is 16.6 Å². The highest BCUT2D eigenvalue weighted by molar-refractivity contribution is 5.82. The van der Waals surface area contributed by atoms with Crippen LogP contribution < -0.4 is 5.73 Å². The molecule has 0 heterocycles. The number of aliphatic imine (C=N–C) groups is 1. The first-order valence-electron chi connectivity index (χ1n) is 3.19. The van der Waals surface area contributed by atoms with Gasteiger partial charge in [-0.3, -0.25) is 4.99 Å². The zero-order valence-electron chi connectivity index (χ0n) is 6.44. The molecule has 0 aliphatic rings. The van der Waals surface area contributed by atoms with E-state index in [4.69, 9.17) is 5.73 Å². The van der Waals surface area contributed by atoms with Gasteiger partial charge in [0.15, 0.2) is 0 Å². The van der Waals surface area contributed by atoms with Crippen molar-refractivity contribution in [1.29, 1.82) is 0 Å². The van der Waals surface area contributed by atoms with Crippen LogP contribution in [0, 0.1) is 5.92 Å². The van der Waals surface area contributed by atoms with E-state index in [1.54, 1.807) is 13.8 Å². The van der Waals surface area contributed by atoms with Crippen molar-refractivity contribution < 1.29 is 13.2 Å². The first kappa shape index (κ1) is 10.3. The van der Waals surface area contributed by atoms with E-state index in [-0.39, 0.29) is 11.8 Å². The molecule has 11 heavy (non-hydrogen) atoms. The Kier molecular flexibility index (Phi) is 3.35. The molecule has 5 heteroatoms. The molecule has 0 aromatic heterocycles. The number of hydrogen-bond acceptors (Lipinski definition) is 1. The highest BCUT2D eigenvalue weighted by atomic mass is 19.4. The number of nitrogens with zero attached hydrogens (tertiary/aromatic N) is 1. The lowest BCUT2D eigenvalue weighted by atomic mass is 10.2. The molecule has 0 rings (SSSR count). The fourth-order valence-electron chi connectivity index (χ4n) is 0.364. The van der Waals surface area contributed by atoms with Crippen molar-refractivity contribution in [1.82, 2.24) is 0 Å². The maximum Gasteiger partial charge on any atom is 0.408 e. The van der Waals surface area contributed by atoms with E-state index in [9.17, 15) is 13.2 Å². The zero-order valence-corrected chi connectivity index (χ0v) is 6.44. The molecule has 0 atom stereocenters. The SMILES string of the molecule is CC(C)C(N)=NCC(F)(F)F.